The Balaban J connectivity index is -0.000000101. The molecule has 0 bridgehead atoms. The molecule has 0 aromatic carbocycles. The van der Waals surface area contributed by atoms with Gasteiger partial charge >= 0.3 is 0 Å². The lowest BCUT2D eigenvalue weighted by Gasteiger charge is -1.94. The van der Waals surface area contributed by atoms with Crippen LogP contribution in [-0.4, -0.2) is 46.2 Å². The number of rotatable bonds is 2. The lowest BCUT2D eigenvalue weighted by atomic mass is 11.9. The quantitative estimate of drug-likeness (QED) is 0.310. The number of nitrogens with two attached hydrogens (primary N) is 4. The fraction of sp³-hybridized carbons (Fsp3) is 1.00. The van der Waals surface area contributed by atoms with E-state index in [9.17, 15) is 33.7 Å². The predicted molar refractivity (Wildman–Crippen MR) is 74.1 cm³/mol. The first-order valence-corrected chi connectivity index (χ1v) is 10.5. The van der Waals surface area contributed by atoms with Gasteiger partial charge in [-0.1, -0.05) is 11.6 Å². The third-order valence-corrected chi connectivity index (χ3v) is 2.09. The summed E-state index contributed by atoms with van der Waals surface area (Å²) in [6, 6.07) is 0. The topological polar surface area (TPSA) is 253 Å². The van der Waals surface area contributed by atoms with Crippen LogP contribution in [0.2, 0.25) is 0 Å². The number of hydrogen-bond acceptors (Lipinski definition) is 8. The molecule has 0 aliphatic carbocycles. The van der Waals surface area contributed by atoms with Gasteiger partial charge in [0, 0.05) is 12.5 Å². The van der Waals surface area contributed by atoms with Crippen molar-refractivity contribution in [3.05, 3.63) is 0 Å². The molecule has 0 amide bonds. The van der Waals surface area contributed by atoms with Crippen molar-refractivity contribution < 1.29 is 33.7 Å². The van der Waals surface area contributed by atoms with E-state index >= 15 is 0 Å². The summed E-state index contributed by atoms with van der Waals surface area (Å²) in [5.41, 5.74) is 0. The van der Waals surface area contributed by atoms with Crippen LogP contribution in [-0.2, 0) is 40.5 Å². The van der Waals surface area contributed by atoms with Gasteiger partial charge in [-0.3, -0.25) is 0 Å². The van der Waals surface area contributed by atoms with Crippen molar-refractivity contribution in [2.75, 3.05) is 12.5 Å². The first-order chi connectivity index (χ1) is 7.71. The molecule has 17 heteroatoms. The molecule has 0 aliphatic heterocycles. The third kappa shape index (κ3) is 155. The van der Waals surface area contributed by atoms with Crippen molar-refractivity contribution in [3.63, 3.8) is 0 Å². The summed E-state index contributed by atoms with van der Waals surface area (Å²) in [7, 11) is -14.8. The molecule has 0 radical (unpaired) electrons. The van der Waals surface area contributed by atoms with Gasteiger partial charge < -0.3 is 0 Å². The fourth-order valence-electron chi connectivity index (χ4n) is 0.162. The second-order valence-corrected chi connectivity index (χ2v) is 9.22. The highest BCUT2D eigenvalue weighted by atomic mass is 32.3. The van der Waals surface area contributed by atoms with Crippen LogP contribution >= 0.6 is 0 Å². The molecule has 0 aliphatic rings. The molecule has 128 valence electrons. The van der Waals surface area contributed by atoms with Gasteiger partial charge in [0.2, 0.25) is 0 Å². The van der Waals surface area contributed by atoms with Gasteiger partial charge in [0.15, 0.2) is 0 Å². The highest BCUT2D eigenvalue weighted by Gasteiger charge is 2.09. The van der Waals surface area contributed by atoms with Crippen molar-refractivity contribution >= 4 is 40.5 Å². The molecular weight excluding hydrogens is 362 g/mol. The van der Waals surface area contributed by atoms with Crippen molar-refractivity contribution in [2.45, 2.75) is 7.43 Å². The summed E-state index contributed by atoms with van der Waals surface area (Å²) in [6.07, 6.45) is 2.32. The molecule has 0 atom stereocenters. The van der Waals surface area contributed by atoms with Crippen LogP contribution in [0, 0.1) is 0 Å². The average Bonchev–Trinajstić information content (AvgIpc) is 1.63. The van der Waals surface area contributed by atoms with Crippen LogP contribution < -0.4 is 24.7 Å². The molecule has 0 unspecified atom stereocenters. The molecule has 13 nitrogen and oxygen atoms in total. The van der Waals surface area contributed by atoms with E-state index in [1.807, 2.05) is 0 Å². The lowest BCUT2D eigenvalue weighted by molar-refractivity contribution is 0.578. The Labute approximate surface area is 119 Å². The average molecular weight is 381 g/mol. The van der Waals surface area contributed by atoms with Gasteiger partial charge in [-0.2, -0.15) is 25.3 Å². The van der Waals surface area contributed by atoms with Crippen molar-refractivity contribution in [1.82, 2.24) is 4.13 Å². The molecule has 0 heterocycles. The second-order valence-electron chi connectivity index (χ2n) is 2.91. The summed E-state index contributed by atoms with van der Waals surface area (Å²) in [5.74, 6) is 0. The third-order valence-electron chi connectivity index (χ3n) is 0.232. The van der Waals surface area contributed by atoms with E-state index in [4.69, 9.17) is 0 Å². The normalized spacial score (nSPS) is 11.9. The van der Waals surface area contributed by atoms with E-state index < -0.39 is 40.5 Å². The Morgan fingerprint density at radius 3 is 0.750 bits per heavy atom. The molecule has 0 aromatic rings. The van der Waals surface area contributed by atoms with Crippen molar-refractivity contribution in [2.24, 2.45) is 20.6 Å². The van der Waals surface area contributed by atoms with E-state index in [2.05, 4.69) is 20.6 Å². The van der Waals surface area contributed by atoms with E-state index in [1.54, 1.807) is 0 Å². The Kier molecular flexibility index (Phi) is 13.3. The SMILES string of the molecule is C.CS(C)(=O)=O.NS(=O)(=O)NS(N)(=O)=O.NS(N)(=O)=O. The number of hydrogen-bond donors (Lipinski definition) is 5. The number of sulfone groups is 1. The zero-order valence-corrected chi connectivity index (χ0v) is 13.0. The molecule has 0 spiro atoms. The number of nitrogens with one attached hydrogen (secondary N) is 1. The largest absolute Gasteiger partial charge is 0.288 e. The van der Waals surface area contributed by atoms with Crippen LogP contribution in [0.4, 0.5) is 0 Å². The molecule has 9 N–H and O–H groups in total. The van der Waals surface area contributed by atoms with E-state index in [0.29, 0.717) is 0 Å². The van der Waals surface area contributed by atoms with E-state index in [-0.39, 0.29) is 7.43 Å². The summed E-state index contributed by atoms with van der Waals surface area (Å²) in [5, 5.41) is 16.7. The Hall–Kier alpha value is -0.400. The van der Waals surface area contributed by atoms with Crippen LogP contribution in [0.1, 0.15) is 7.43 Å². The summed E-state index contributed by atoms with van der Waals surface area (Å²) >= 11 is 0. The minimum atomic E-state index is -4.24. The maximum absolute atomic E-state index is 9.85. The van der Waals surface area contributed by atoms with E-state index in [0.717, 1.165) is 16.6 Å². The molecule has 0 saturated carbocycles. The Morgan fingerprint density at radius 2 is 0.750 bits per heavy atom. The van der Waals surface area contributed by atoms with E-state index in [1.165, 1.54) is 0 Å². The van der Waals surface area contributed by atoms with Crippen molar-refractivity contribution in [1.29, 1.82) is 0 Å². The van der Waals surface area contributed by atoms with Gasteiger partial charge in [0.25, 0.3) is 30.6 Å². The van der Waals surface area contributed by atoms with Crippen LogP contribution in [0.25, 0.3) is 0 Å². The maximum Gasteiger partial charge on any atom is 0.288 e. The minimum absolute atomic E-state index is 0. The molecule has 0 fully saturated rings. The standard InChI is InChI=1S/C2H6O2S.CH4.H5N3O4S2.H4N2O2S/c1-5(2,3)4;;1-8(4,5)3-9(2,6)7;1-5(2,3)4/h1-2H3;1H4;3H,(H2,1,4,5)(H2,2,6,7);(H4,1,2,3,4). The van der Waals surface area contributed by atoms with Crippen molar-refractivity contribution in [3.8, 4) is 0 Å². The second kappa shape index (κ2) is 9.52. The lowest BCUT2D eigenvalue weighted by Crippen LogP contribution is -2.40. The first kappa shape index (κ1) is 27.9. The molecule has 0 aromatic heterocycles. The van der Waals surface area contributed by atoms with Crippen LogP contribution in [0.5, 0.6) is 0 Å². The highest BCUT2D eigenvalue weighted by molar-refractivity contribution is 8.02. The zero-order valence-electron chi connectivity index (χ0n) is 9.71. The van der Waals surface area contributed by atoms with Gasteiger partial charge in [0.05, 0.1) is 0 Å². The zero-order chi connectivity index (χ0) is 16.7. The molecular formula is C3H19N5O8S4. The smallest absolute Gasteiger partial charge is 0.229 e. The molecule has 20 heavy (non-hydrogen) atoms. The maximum atomic E-state index is 9.85. The summed E-state index contributed by atoms with van der Waals surface area (Å²) in [6.45, 7) is 0. The van der Waals surface area contributed by atoms with Gasteiger partial charge in [-0.15, -0.1) is 0 Å². The predicted octanol–water partition coefficient (Wildman–Crippen LogP) is -4.57. The Bertz CT molecular complexity index is 582. The Morgan fingerprint density at radius 1 is 0.650 bits per heavy atom. The van der Waals surface area contributed by atoms with Crippen LogP contribution in [0.3, 0.4) is 0 Å². The first-order valence-electron chi connectivity index (χ1n) is 3.50. The van der Waals surface area contributed by atoms with Crippen LogP contribution in [0.15, 0.2) is 0 Å². The van der Waals surface area contributed by atoms with Gasteiger partial charge in [0.1, 0.15) is 9.84 Å². The van der Waals surface area contributed by atoms with Gasteiger partial charge in [-0.05, 0) is 0 Å². The summed E-state index contributed by atoms with van der Waals surface area (Å²) in [4.78, 5) is 0. The molecule has 0 saturated heterocycles. The molecule has 0 rings (SSSR count). The minimum Gasteiger partial charge on any atom is -0.229 e. The summed E-state index contributed by atoms with van der Waals surface area (Å²) < 4.78 is 78.0. The monoisotopic (exact) mass is 381 g/mol. The van der Waals surface area contributed by atoms with Gasteiger partial charge in [-0.25, -0.2) is 29.0 Å². The fourth-order valence-corrected chi connectivity index (χ4v) is 1.46. The highest BCUT2D eigenvalue weighted by Crippen LogP contribution is 1.70.